The minimum absolute atomic E-state index is 0.105. The smallest absolute Gasteiger partial charge is 0.239 e. The van der Waals surface area contributed by atoms with Gasteiger partial charge in [-0.2, -0.15) is 0 Å². The zero-order valence-corrected chi connectivity index (χ0v) is 12.7. The van der Waals surface area contributed by atoms with Gasteiger partial charge in [0.25, 0.3) is 0 Å². The first-order valence-corrected chi connectivity index (χ1v) is 7.47. The summed E-state index contributed by atoms with van der Waals surface area (Å²) in [4.78, 5) is 14.0. The number of nitrogens with zero attached hydrogens (tertiary/aromatic N) is 1. The number of amides is 1. The van der Waals surface area contributed by atoms with E-state index in [4.69, 9.17) is 0 Å². The Balaban J connectivity index is 2.17. The zero-order chi connectivity index (χ0) is 14.5. The molecule has 1 aromatic rings. The van der Waals surface area contributed by atoms with Crippen LogP contribution in [0.25, 0.3) is 0 Å². The van der Waals surface area contributed by atoms with Gasteiger partial charge < -0.3 is 15.5 Å². The van der Waals surface area contributed by atoms with Crippen LogP contribution in [0.2, 0.25) is 0 Å². The first-order valence-electron chi connectivity index (χ1n) is 7.47. The molecule has 1 amide bonds. The molecule has 1 aliphatic rings. The summed E-state index contributed by atoms with van der Waals surface area (Å²) in [6, 6.07) is 6.96. The van der Waals surface area contributed by atoms with Gasteiger partial charge in [-0.15, -0.1) is 0 Å². The highest BCUT2D eigenvalue weighted by Crippen LogP contribution is 2.29. The Hall–Kier alpha value is -1.55. The van der Waals surface area contributed by atoms with Crippen molar-refractivity contribution in [3.63, 3.8) is 0 Å². The predicted molar refractivity (Wildman–Crippen MR) is 83.1 cm³/mol. The van der Waals surface area contributed by atoms with Crippen LogP contribution in [0.3, 0.4) is 0 Å². The van der Waals surface area contributed by atoms with Crippen molar-refractivity contribution in [2.24, 2.45) is 0 Å². The normalized spacial score (nSPS) is 15.7. The van der Waals surface area contributed by atoms with Gasteiger partial charge in [-0.25, -0.2) is 0 Å². The number of aryl methyl sites for hydroxylation is 1. The molecule has 2 rings (SSSR count). The van der Waals surface area contributed by atoms with Crippen LogP contribution in [-0.4, -0.2) is 32.6 Å². The molecule has 4 heteroatoms. The molecule has 0 aliphatic carbocycles. The number of anilines is 1. The maximum absolute atomic E-state index is 11.8. The molecule has 0 saturated carbocycles. The molecule has 1 atom stereocenters. The van der Waals surface area contributed by atoms with Crippen LogP contribution in [0.15, 0.2) is 18.2 Å². The van der Waals surface area contributed by atoms with E-state index < -0.39 is 0 Å². The second-order valence-electron chi connectivity index (χ2n) is 5.38. The van der Waals surface area contributed by atoms with E-state index in [1.165, 1.54) is 16.8 Å². The molecule has 1 heterocycles. The fourth-order valence-corrected chi connectivity index (χ4v) is 2.72. The average molecular weight is 275 g/mol. The molecule has 110 valence electrons. The Morgan fingerprint density at radius 3 is 2.95 bits per heavy atom. The van der Waals surface area contributed by atoms with Gasteiger partial charge in [-0.3, -0.25) is 4.79 Å². The van der Waals surface area contributed by atoms with Gasteiger partial charge in [0.15, 0.2) is 0 Å². The molecular formula is C16H25N3O. The van der Waals surface area contributed by atoms with Crippen LogP contribution in [-0.2, 0) is 11.2 Å². The molecule has 0 fully saturated rings. The lowest BCUT2D eigenvalue weighted by atomic mass is 9.97. The van der Waals surface area contributed by atoms with Gasteiger partial charge in [0, 0.05) is 24.8 Å². The summed E-state index contributed by atoms with van der Waals surface area (Å²) in [6.45, 7) is 6.23. The molecule has 2 N–H and O–H groups in total. The van der Waals surface area contributed by atoms with Crippen LogP contribution in [0, 0.1) is 0 Å². The molecule has 0 radical (unpaired) electrons. The number of hydrogen-bond donors (Lipinski definition) is 2. The summed E-state index contributed by atoms with van der Waals surface area (Å²) in [5, 5.41) is 6.14. The van der Waals surface area contributed by atoms with Crippen molar-refractivity contribution >= 4 is 11.6 Å². The lowest BCUT2D eigenvalue weighted by Gasteiger charge is -2.31. The topological polar surface area (TPSA) is 44.4 Å². The predicted octanol–water partition coefficient (Wildman–Crippen LogP) is 1.86. The fourth-order valence-electron chi connectivity index (χ4n) is 2.72. The molecule has 1 unspecified atom stereocenters. The van der Waals surface area contributed by atoms with Crippen molar-refractivity contribution in [2.75, 3.05) is 31.6 Å². The van der Waals surface area contributed by atoms with E-state index in [0.29, 0.717) is 19.1 Å². The highest BCUT2D eigenvalue weighted by atomic mass is 16.2. The first kappa shape index (κ1) is 14.9. The fraction of sp³-hybridized carbons (Fsp3) is 0.562. The Bertz CT molecular complexity index is 473. The Morgan fingerprint density at radius 1 is 1.45 bits per heavy atom. The van der Waals surface area contributed by atoms with Crippen molar-refractivity contribution in [2.45, 2.75) is 32.7 Å². The van der Waals surface area contributed by atoms with Crippen molar-refractivity contribution in [1.82, 2.24) is 10.6 Å². The highest BCUT2D eigenvalue weighted by Gasteiger charge is 2.19. The third kappa shape index (κ3) is 3.31. The SMILES string of the molecule is CCNC(=O)CN1CCCc2cc(C(C)NC)ccc21. The lowest BCUT2D eigenvalue weighted by Crippen LogP contribution is -2.39. The Kier molecular flexibility index (Phi) is 5.01. The van der Waals surface area contributed by atoms with Gasteiger partial charge >= 0.3 is 0 Å². The number of rotatable bonds is 5. The molecular weight excluding hydrogens is 250 g/mol. The number of nitrogens with one attached hydrogen (secondary N) is 2. The van der Waals surface area contributed by atoms with Crippen molar-refractivity contribution in [3.05, 3.63) is 29.3 Å². The third-order valence-corrected chi connectivity index (χ3v) is 3.96. The number of benzene rings is 1. The van der Waals surface area contributed by atoms with Gasteiger partial charge in [-0.1, -0.05) is 12.1 Å². The Morgan fingerprint density at radius 2 is 2.25 bits per heavy atom. The van der Waals surface area contributed by atoms with E-state index in [-0.39, 0.29) is 5.91 Å². The number of hydrogen-bond acceptors (Lipinski definition) is 3. The van der Waals surface area contributed by atoms with E-state index >= 15 is 0 Å². The molecule has 4 nitrogen and oxygen atoms in total. The average Bonchev–Trinajstić information content (AvgIpc) is 2.46. The molecule has 0 aromatic heterocycles. The molecule has 0 saturated heterocycles. The van der Waals surface area contributed by atoms with E-state index in [9.17, 15) is 4.79 Å². The van der Waals surface area contributed by atoms with E-state index in [0.717, 1.165) is 19.4 Å². The first-order chi connectivity index (χ1) is 9.65. The number of fused-ring (bicyclic) bond motifs is 1. The monoisotopic (exact) mass is 275 g/mol. The van der Waals surface area contributed by atoms with E-state index in [1.807, 2.05) is 14.0 Å². The standard InChI is InChI=1S/C16H25N3O/c1-4-18-16(20)11-19-9-5-6-14-10-13(12(2)17-3)7-8-15(14)19/h7-8,10,12,17H,4-6,9,11H2,1-3H3,(H,18,20). The van der Waals surface area contributed by atoms with Gasteiger partial charge in [0.05, 0.1) is 6.54 Å². The van der Waals surface area contributed by atoms with Crippen LogP contribution < -0.4 is 15.5 Å². The van der Waals surface area contributed by atoms with E-state index in [2.05, 4.69) is 40.7 Å². The van der Waals surface area contributed by atoms with Crippen molar-refractivity contribution < 1.29 is 4.79 Å². The maximum atomic E-state index is 11.8. The molecule has 20 heavy (non-hydrogen) atoms. The second-order valence-corrected chi connectivity index (χ2v) is 5.38. The second kappa shape index (κ2) is 6.75. The van der Waals surface area contributed by atoms with Gasteiger partial charge in [0.2, 0.25) is 5.91 Å². The largest absolute Gasteiger partial charge is 0.362 e. The molecule has 1 aliphatic heterocycles. The number of likely N-dealkylation sites (N-methyl/N-ethyl adjacent to an activating group) is 1. The number of carbonyl (C=O) groups is 1. The Labute approximate surface area is 121 Å². The summed E-state index contributed by atoms with van der Waals surface area (Å²) in [6.07, 6.45) is 2.22. The van der Waals surface area contributed by atoms with Crippen LogP contribution in [0.1, 0.15) is 37.4 Å². The van der Waals surface area contributed by atoms with Crippen LogP contribution >= 0.6 is 0 Å². The summed E-state index contributed by atoms with van der Waals surface area (Å²) < 4.78 is 0. The van der Waals surface area contributed by atoms with Crippen LogP contribution in [0.5, 0.6) is 0 Å². The summed E-state index contributed by atoms with van der Waals surface area (Å²) in [5.74, 6) is 0.105. The molecule has 0 spiro atoms. The van der Waals surface area contributed by atoms with Gasteiger partial charge in [0.1, 0.15) is 0 Å². The molecule has 1 aromatic carbocycles. The number of carbonyl (C=O) groups excluding carboxylic acids is 1. The summed E-state index contributed by atoms with van der Waals surface area (Å²) in [5.41, 5.74) is 3.89. The van der Waals surface area contributed by atoms with Crippen molar-refractivity contribution in [1.29, 1.82) is 0 Å². The summed E-state index contributed by atoms with van der Waals surface area (Å²) in [7, 11) is 1.98. The van der Waals surface area contributed by atoms with E-state index in [1.54, 1.807) is 0 Å². The highest BCUT2D eigenvalue weighted by molar-refractivity contribution is 5.81. The third-order valence-electron chi connectivity index (χ3n) is 3.96. The van der Waals surface area contributed by atoms with Crippen LogP contribution in [0.4, 0.5) is 5.69 Å². The molecule has 0 bridgehead atoms. The minimum atomic E-state index is 0.105. The minimum Gasteiger partial charge on any atom is -0.362 e. The zero-order valence-electron chi connectivity index (χ0n) is 12.7. The van der Waals surface area contributed by atoms with Crippen molar-refractivity contribution in [3.8, 4) is 0 Å². The van der Waals surface area contributed by atoms with Gasteiger partial charge in [-0.05, 0) is 50.9 Å². The quantitative estimate of drug-likeness (QED) is 0.862. The summed E-state index contributed by atoms with van der Waals surface area (Å²) >= 11 is 0. The lowest BCUT2D eigenvalue weighted by molar-refractivity contribution is -0.119. The maximum Gasteiger partial charge on any atom is 0.239 e.